The molecule has 130 valence electrons. The van der Waals surface area contributed by atoms with E-state index in [0.717, 1.165) is 7.14 Å². The second-order valence-corrected chi connectivity index (χ2v) is 7.53. The highest BCUT2D eigenvalue weighted by atomic mass is 127. The average Bonchev–Trinajstić information content (AvgIpc) is 2.64. The van der Waals surface area contributed by atoms with Crippen molar-refractivity contribution in [3.8, 4) is 11.5 Å². The lowest BCUT2D eigenvalue weighted by molar-refractivity contribution is 0.0718. The quantitative estimate of drug-likeness (QED) is 0.242. The van der Waals surface area contributed by atoms with Crippen molar-refractivity contribution < 1.29 is 19.1 Å². The molecule has 0 atom stereocenters. The van der Waals surface area contributed by atoms with Crippen molar-refractivity contribution in [3.05, 3.63) is 91.1 Å². The van der Waals surface area contributed by atoms with Crippen LogP contribution in [0.3, 0.4) is 0 Å². The molecule has 0 amide bonds. The summed E-state index contributed by atoms with van der Waals surface area (Å²) in [6, 6.07) is 20.7. The minimum absolute atomic E-state index is 0.378. The Morgan fingerprint density at radius 3 is 1.27 bits per heavy atom. The molecule has 0 aliphatic rings. The third-order valence-corrected chi connectivity index (χ3v) is 5.31. The second kappa shape index (κ2) is 8.63. The van der Waals surface area contributed by atoms with Crippen LogP contribution in [-0.4, -0.2) is 11.9 Å². The lowest BCUT2D eigenvalue weighted by atomic mass is 10.2. The summed E-state index contributed by atoms with van der Waals surface area (Å²) < 4.78 is 12.4. The van der Waals surface area contributed by atoms with Gasteiger partial charge in [0.2, 0.25) is 0 Å². The molecule has 3 aromatic rings. The Balaban J connectivity index is 1.67. The number of hydrogen-bond acceptors (Lipinski definition) is 4. The van der Waals surface area contributed by atoms with Gasteiger partial charge in [-0.2, -0.15) is 0 Å². The summed E-state index contributed by atoms with van der Waals surface area (Å²) in [7, 11) is 0. The third-order valence-electron chi connectivity index (χ3n) is 3.43. The van der Waals surface area contributed by atoms with Gasteiger partial charge in [0, 0.05) is 7.14 Å². The molecular formula is C20H12I2O4. The molecule has 0 aromatic heterocycles. The van der Waals surface area contributed by atoms with E-state index in [9.17, 15) is 9.59 Å². The minimum Gasteiger partial charge on any atom is -0.423 e. The van der Waals surface area contributed by atoms with Crippen molar-refractivity contribution in [1.82, 2.24) is 0 Å². The molecule has 0 aliphatic carbocycles. The van der Waals surface area contributed by atoms with Crippen LogP contribution >= 0.6 is 45.2 Å². The van der Waals surface area contributed by atoms with Crippen LogP contribution < -0.4 is 9.47 Å². The molecule has 6 heteroatoms. The van der Waals surface area contributed by atoms with Gasteiger partial charge in [0.05, 0.1) is 11.1 Å². The summed E-state index contributed by atoms with van der Waals surface area (Å²) in [6.45, 7) is 0. The highest BCUT2D eigenvalue weighted by molar-refractivity contribution is 14.1. The van der Waals surface area contributed by atoms with Crippen LogP contribution in [0.25, 0.3) is 0 Å². The zero-order valence-electron chi connectivity index (χ0n) is 13.3. The van der Waals surface area contributed by atoms with E-state index in [2.05, 4.69) is 45.2 Å². The second-order valence-electron chi connectivity index (χ2n) is 5.21. The van der Waals surface area contributed by atoms with Crippen LogP contribution in [0.1, 0.15) is 20.7 Å². The van der Waals surface area contributed by atoms with Crippen LogP contribution in [0.15, 0.2) is 72.8 Å². The average molecular weight is 570 g/mol. The summed E-state index contributed by atoms with van der Waals surface area (Å²) in [4.78, 5) is 24.4. The van der Waals surface area contributed by atoms with Gasteiger partial charge in [-0.3, -0.25) is 0 Å². The van der Waals surface area contributed by atoms with E-state index in [0.29, 0.717) is 22.6 Å². The fraction of sp³-hybridized carbons (Fsp3) is 0. The Morgan fingerprint density at radius 2 is 0.923 bits per heavy atom. The van der Waals surface area contributed by atoms with Crippen LogP contribution in [-0.2, 0) is 0 Å². The van der Waals surface area contributed by atoms with E-state index in [4.69, 9.17) is 9.47 Å². The number of halogens is 2. The van der Waals surface area contributed by atoms with E-state index in [1.165, 1.54) is 0 Å². The summed E-state index contributed by atoms with van der Waals surface area (Å²) in [6.07, 6.45) is 0. The number of esters is 2. The van der Waals surface area contributed by atoms with E-state index in [1.807, 2.05) is 24.3 Å². The van der Waals surface area contributed by atoms with Crippen molar-refractivity contribution in [2.24, 2.45) is 0 Å². The molecule has 0 heterocycles. The molecule has 26 heavy (non-hydrogen) atoms. The zero-order chi connectivity index (χ0) is 18.5. The van der Waals surface area contributed by atoms with Gasteiger partial charge in [-0.15, -0.1) is 0 Å². The Morgan fingerprint density at radius 1 is 0.577 bits per heavy atom. The monoisotopic (exact) mass is 570 g/mol. The highest BCUT2D eigenvalue weighted by Crippen LogP contribution is 2.22. The maximum Gasteiger partial charge on any atom is 0.344 e. The lowest BCUT2D eigenvalue weighted by Crippen LogP contribution is -2.11. The molecule has 3 rings (SSSR count). The van der Waals surface area contributed by atoms with Crippen molar-refractivity contribution in [2.75, 3.05) is 0 Å². The molecule has 0 bridgehead atoms. The van der Waals surface area contributed by atoms with E-state index in [1.54, 1.807) is 48.5 Å². The molecule has 0 saturated carbocycles. The van der Waals surface area contributed by atoms with Crippen LogP contribution in [0.2, 0.25) is 0 Å². The molecule has 3 aromatic carbocycles. The number of benzene rings is 3. The normalized spacial score (nSPS) is 10.2. The maximum atomic E-state index is 12.2. The Labute approximate surface area is 177 Å². The molecular weight excluding hydrogens is 558 g/mol. The van der Waals surface area contributed by atoms with Gasteiger partial charge in [0.1, 0.15) is 11.5 Å². The molecule has 0 aliphatic heterocycles. The van der Waals surface area contributed by atoms with Crippen molar-refractivity contribution in [2.45, 2.75) is 0 Å². The molecule has 0 unspecified atom stereocenters. The number of carbonyl (C=O) groups is 2. The van der Waals surface area contributed by atoms with Crippen molar-refractivity contribution >= 4 is 57.1 Å². The molecule has 0 fully saturated rings. The third kappa shape index (κ3) is 4.61. The topological polar surface area (TPSA) is 52.6 Å². The summed E-state index contributed by atoms with van der Waals surface area (Å²) in [5.74, 6) is -0.107. The Hall–Kier alpha value is -1.94. The van der Waals surface area contributed by atoms with Crippen molar-refractivity contribution in [1.29, 1.82) is 0 Å². The van der Waals surface area contributed by atoms with Gasteiger partial charge in [0.25, 0.3) is 0 Å². The standard InChI is InChI=1S/C20H12I2O4/c21-17-7-3-1-5-15(17)19(23)25-13-9-11-14(12-10-13)26-20(24)16-6-2-4-8-18(16)22/h1-12H. The minimum atomic E-state index is -0.432. The number of carbonyl (C=O) groups excluding carboxylic acids is 2. The fourth-order valence-electron chi connectivity index (χ4n) is 2.15. The van der Waals surface area contributed by atoms with Crippen molar-refractivity contribution in [3.63, 3.8) is 0 Å². The van der Waals surface area contributed by atoms with Crippen LogP contribution in [0.4, 0.5) is 0 Å². The Bertz CT molecular complexity index is 874. The Kier molecular flexibility index (Phi) is 6.25. The van der Waals surface area contributed by atoms with E-state index in [-0.39, 0.29) is 0 Å². The molecule has 0 N–H and O–H groups in total. The van der Waals surface area contributed by atoms with E-state index < -0.39 is 11.9 Å². The SMILES string of the molecule is O=C(Oc1ccc(OC(=O)c2ccccc2I)cc1)c1ccccc1I. The highest BCUT2D eigenvalue weighted by Gasteiger charge is 2.14. The smallest absolute Gasteiger partial charge is 0.344 e. The van der Waals surface area contributed by atoms with Gasteiger partial charge >= 0.3 is 11.9 Å². The number of hydrogen-bond donors (Lipinski definition) is 0. The van der Waals surface area contributed by atoms with Crippen LogP contribution in [0, 0.1) is 7.14 Å². The molecule has 0 saturated heterocycles. The first-order valence-electron chi connectivity index (χ1n) is 7.58. The van der Waals surface area contributed by atoms with Gasteiger partial charge in [-0.05, 0) is 93.7 Å². The fourth-order valence-corrected chi connectivity index (χ4v) is 3.37. The predicted octanol–water partition coefficient (Wildman–Crippen LogP) is 5.33. The first kappa shape index (κ1) is 18.8. The van der Waals surface area contributed by atoms with Gasteiger partial charge < -0.3 is 9.47 Å². The van der Waals surface area contributed by atoms with Gasteiger partial charge in [-0.1, -0.05) is 24.3 Å². The lowest BCUT2D eigenvalue weighted by Gasteiger charge is -2.08. The summed E-state index contributed by atoms with van der Waals surface area (Å²) >= 11 is 4.17. The van der Waals surface area contributed by atoms with Gasteiger partial charge in [0.15, 0.2) is 0 Å². The molecule has 0 radical (unpaired) electrons. The molecule has 0 spiro atoms. The summed E-state index contributed by atoms with van der Waals surface area (Å²) in [5.41, 5.74) is 1.00. The number of ether oxygens (including phenoxy) is 2. The molecule has 4 nitrogen and oxygen atoms in total. The number of rotatable bonds is 4. The summed E-state index contributed by atoms with van der Waals surface area (Å²) in [5, 5.41) is 0. The zero-order valence-corrected chi connectivity index (χ0v) is 17.6. The van der Waals surface area contributed by atoms with Crippen LogP contribution in [0.5, 0.6) is 11.5 Å². The first-order chi connectivity index (χ1) is 12.5. The predicted molar refractivity (Wildman–Crippen MR) is 115 cm³/mol. The van der Waals surface area contributed by atoms with Gasteiger partial charge in [-0.25, -0.2) is 9.59 Å². The largest absolute Gasteiger partial charge is 0.423 e. The maximum absolute atomic E-state index is 12.2. The van der Waals surface area contributed by atoms with E-state index >= 15 is 0 Å². The first-order valence-corrected chi connectivity index (χ1v) is 9.74.